The van der Waals surface area contributed by atoms with Crippen molar-refractivity contribution in [1.82, 2.24) is 9.80 Å². The van der Waals surface area contributed by atoms with Gasteiger partial charge in [0.1, 0.15) is 11.9 Å². The minimum absolute atomic E-state index is 0.0167. The molecule has 1 saturated heterocycles. The summed E-state index contributed by atoms with van der Waals surface area (Å²) in [5.74, 6) is -0.530. The zero-order chi connectivity index (χ0) is 29.3. The predicted octanol–water partition coefficient (Wildman–Crippen LogP) is 4.42. The summed E-state index contributed by atoms with van der Waals surface area (Å²) in [6, 6.07) is 8.34. The molecule has 1 spiro atoms. The molecule has 218 valence electrons. The molecule has 41 heavy (non-hydrogen) atoms. The molecule has 4 aliphatic rings. The van der Waals surface area contributed by atoms with Crippen molar-refractivity contribution in [3.63, 3.8) is 0 Å². The van der Waals surface area contributed by atoms with Crippen LogP contribution in [0.15, 0.2) is 55.1 Å². The van der Waals surface area contributed by atoms with Gasteiger partial charge >= 0.3 is 6.36 Å². The number of likely N-dealkylation sites (N-methyl/N-ethyl adjacent to an activating group) is 1. The highest BCUT2D eigenvalue weighted by Gasteiger charge is 2.75. The summed E-state index contributed by atoms with van der Waals surface area (Å²) in [6.45, 7) is 7.28. The van der Waals surface area contributed by atoms with Gasteiger partial charge in [-0.3, -0.25) is 9.69 Å². The molecule has 2 bridgehead atoms. The monoisotopic (exact) mass is 570 g/mol. The third-order valence-electron chi connectivity index (χ3n) is 9.68. The van der Waals surface area contributed by atoms with Crippen LogP contribution in [0.3, 0.4) is 0 Å². The highest BCUT2D eigenvalue weighted by molar-refractivity contribution is 5.92. The number of halogens is 3. The summed E-state index contributed by atoms with van der Waals surface area (Å²) in [6.07, 6.45) is 0.882. The van der Waals surface area contributed by atoms with E-state index in [4.69, 9.17) is 4.74 Å². The number of hydrogen-bond donors (Lipinski definition) is 2. The molecule has 7 nitrogen and oxygen atoms in total. The van der Waals surface area contributed by atoms with E-state index in [0.717, 1.165) is 11.1 Å². The number of piperidine rings is 1. The fourth-order valence-corrected chi connectivity index (χ4v) is 8.05. The number of carbonyl (C=O) groups excluding carboxylic acids is 1. The van der Waals surface area contributed by atoms with E-state index in [2.05, 4.69) is 16.2 Å². The highest BCUT2D eigenvalue weighted by atomic mass is 19.4. The maximum absolute atomic E-state index is 13.5. The fraction of sp³-hybridized carbons (Fsp3) is 0.452. The van der Waals surface area contributed by atoms with Crippen molar-refractivity contribution in [2.45, 2.75) is 61.8 Å². The second-order valence-electron chi connectivity index (χ2n) is 11.6. The number of amides is 1. The third-order valence-corrected chi connectivity index (χ3v) is 9.68. The van der Waals surface area contributed by atoms with Gasteiger partial charge in [0.2, 0.25) is 5.91 Å². The fourth-order valence-electron chi connectivity index (χ4n) is 8.05. The van der Waals surface area contributed by atoms with Gasteiger partial charge in [-0.05, 0) is 67.1 Å². The van der Waals surface area contributed by atoms with Crippen LogP contribution in [-0.2, 0) is 16.6 Å². The normalized spacial score (nSPS) is 31.9. The lowest BCUT2D eigenvalue weighted by atomic mass is 9.45. The first-order valence-electron chi connectivity index (χ1n) is 13.8. The van der Waals surface area contributed by atoms with Crippen LogP contribution in [0.1, 0.15) is 36.5 Å². The molecule has 2 heterocycles. The Morgan fingerprint density at radius 1 is 1.32 bits per heavy atom. The summed E-state index contributed by atoms with van der Waals surface area (Å²) in [5.41, 5.74) is 0.295. The number of rotatable bonds is 6. The number of aliphatic hydroxyl groups is 1. The molecule has 2 N–H and O–H groups in total. The third kappa shape index (κ3) is 4.06. The summed E-state index contributed by atoms with van der Waals surface area (Å²) < 4.78 is 48.4. The van der Waals surface area contributed by atoms with Crippen molar-refractivity contribution < 1.29 is 37.7 Å². The Hall–Kier alpha value is -3.50. The number of alkyl halides is 3. The smallest absolute Gasteiger partial charge is 0.504 e. The molecule has 2 aliphatic carbocycles. The largest absolute Gasteiger partial charge is 0.573 e. The molecule has 0 aromatic heterocycles. The van der Waals surface area contributed by atoms with Gasteiger partial charge in [-0.2, -0.15) is 0 Å². The number of nitrogens with zero attached hydrogens (tertiary/aromatic N) is 2. The van der Waals surface area contributed by atoms with E-state index < -0.39 is 29.5 Å². The number of phenols is 1. The van der Waals surface area contributed by atoms with Gasteiger partial charge < -0.3 is 24.6 Å². The van der Waals surface area contributed by atoms with E-state index in [1.165, 1.54) is 30.4 Å². The van der Waals surface area contributed by atoms with Crippen molar-refractivity contribution in [2.24, 2.45) is 5.92 Å². The van der Waals surface area contributed by atoms with Gasteiger partial charge in [-0.15, -0.1) is 19.8 Å². The maximum Gasteiger partial charge on any atom is 0.573 e. The Balaban J connectivity index is 1.34. The van der Waals surface area contributed by atoms with Crippen LogP contribution in [0.25, 0.3) is 6.08 Å². The number of ether oxygens (including phenoxy) is 2. The number of likely N-dealkylation sites (tertiary alicyclic amines) is 1. The van der Waals surface area contributed by atoms with Gasteiger partial charge in [0, 0.05) is 31.3 Å². The first-order valence-corrected chi connectivity index (χ1v) is 13.8. The van der Waals surface area contributed by atoms with Crippen molar-refractivity contribution in [3.8, 4) is 17.2 Å². The molecule has 3 unspecified atom stereocenters. The van der Waals surface area contributed by atoms with E-state index in [9.17, 15) is 28.2 Å². The van der Waals surface area contributed by atoms with E-state index in [1.807, 2.05) is 19.1 Å². The molecule has 0 radical (unpaired) electrons. The van der Waals surface area contributed by atoms with Crippen molar-refractivity contribution in [1.29, 1.82) is 0 Å². The SMILES string of the molecule is C=CCN1CC[C@]23c4c5ccc(O)c4OC2C(N(C)C(=O)/C=C/c2cccc(OC(F)(F)F)c2)CC(C)[C@@]3(O)[C@H]1C5. The first-order chi connectivity index (χ1) is 19.4. The zero-order valence-electron chi connectivity index (χ0n) is 22.9. The lowest BCUT2D eigenvalue weighted by Crippen LogP contribution is -2.80. The number of carbonyl (C=O) groups is 1. The summed E-state index contributed by atoms with van der Waals surface area (Å²) in [4.78, 5) is 17.3. The minimum atomic E-state index is -4.81. The zero-order valence-corrected chi connectivity index (χ0v) is 22.9. The Morgan fingerprint density at radius 2 is 2.10 bits per heavy atom. The lowest BCUT2D eigenvalue weighted by Gasteiger charge is -2.66. The molecular weight excluding hydrogens is 537 g/mol. The topological polar surface area (TPSA) is 82.5 Å². The average molecular weight is 571 g/mol. The summed E-state index contributed by atoms with van der Waals surface area (Å²) in [5, 5.41) is 23.5. The van der Waals surface area contributed by atoms with Gasteiger partial charge in [0.25, 0.3) is 0 Å². The maximum atomic E-state index is 13.5. The number of benzene rings is 2. The van der Waals surface area contributed by atoms with Crippen LogP contribution in [0.5, 0.6) is 17.2 Å². The standard InChI is InChI=1S/C31H33F3N2O5/c1-4-13-36-14-12-29-26-20-9-10-23(37)27(26)40-28(29)22(15-18(2)30(29,39)24(36)17-20)35(3)25(38)11-8-19-6-5-7-21(16-19)41-31(32,33)34/h4-11,16,18,22,24,28,37,39H,1,12-15,17H2,2-3H3/b11-8+/t18?,22?,24-,28?,29+,30-/m1/s1. The molecule has 2 aromatic rings. The predicted molar refractivity (Wildman–Crippen MR) is 146 cm³/mol. The molecule has 1 amide bonds. The van der Waals surface area contributed by atoms with Crippen LogP contribution in [0.2, 0.25) is 0 Å². The number of phenolic OH excluding ortho intramolecular Hbond substituents is 1. The quantitative estimate of drug-likeness (QED) is 0.396. The van der Waals surface area contributed by atoms with Crippen molar-refractivity contribution in [3.05, 3.63) is 71.8 Å². The summed E-state index contributed by atoms with van der Waals surface area (Å²) in [7, 11) is 1.68. The number of aromatic hydroxyl groups is 1. The second kappa shape index (κ2) is 9.52. The van der Waals surface area contributed by atoms with Gasteiger partial charge in [0.15, 0.2) is 11.5 Å². The Kier molecular flexibility index (Phi) is 6.42. The van der Waals surface area contributed by atoms with Gasteiger partial charge in [-0.1, -0.05) is 31.2 Å². The van der Waals surface area contributed by atoms with Crippen LogP contribution in [-0.4, -0.2) is 76.2 Å². The number of hydrogen-bond acceptors (Lipinski definition) is 6. The molecule has 2 aromatic carbocycles. The van der Waals surface area contributed by atoms with Crippen LogP contribution < -0.4 is 9.47 Å². The van der Waals surface area contributed by atoms with E-state index >= 15 is 0 Å². The molecule has 1 saturated carbocycles. The van der Waals surface area contributed by atoms with E-state index in [-0.39, 0.29) is 29.4 Å². The van der Waals surface area contributed by atoms with E-state index in [1.54, 1.807) is 24.1 Å². The summed E-state index contributed by atoms with van der Waals surface area (Å²) >= 11 is 0. The molecular formula is C31H33F3N2O5. The molecule has 2 fully saturated rings. The van der Waals surface area contributed by atoms with E-state index in [0.29, 0.717) is 43.7 Å². The van der Waals surface area contributed by atoms with Crippen molar-refractivity contribution >= 4 is 12.0 Å². The van der Waals surface area contributed by atoms with Gasteiger partial charge in [0.05, 0.1) is 17.1 Å². The van der Waals surface area contributed by atoms with Gasteiger partial charge in [-0.25, -0.2) is 0 Å². The molecule has 10 heteroatoms. The minimum Gasteiger partial charge on any atom is -0.504 e. The van der Waals surface area contributed by atoms with Crippen LogP contribution >= 0.6 is 0 Å². The molecule has 2 aliphatic heterocycles. The Bertz CT molecular complexity index is 1430. The Morgan fingerprint density at radius 3 is 2.83 bits per heavy atom. The first kappa shape index (κ1) is 27.7. The lowest BCUT2D eigenvalue weighted by molar-refractivity contribution is -0.274. The van der Waals surface area contributed by atoms with Crippen molar-refractivity contribution in [2.75, 3.05) is 20.1 Å². The Labute approximate surface area is 236 Å². The highest BCUT2D eigenvalue weighted by Crippen LogP contribution is 2.67. The second-order valence-corrected chi connectivity index (χ2v) is 11.6. The molecule has 6 rings (SSSR count). The molecule has 6 atom stereocenters. The average Bonchev–Trinajstić information content (AvgIpc) is 3.26. The van der Waals surface area contributed by atoms with Crippen LogP contribution in [0.4, 0.5) is 13.2 Å². The van der Waals surface area contributed by atoms with Crippen LogP contribution in [0, 0.1) is 5.92 Å².